The lowest BCUT2D eigenvalue weighted by Crippen LogP contribution is -2.10. The largest absolute Gasteiger partial charge is 0.446 e. The molecule has 0 saturated carbocycles. The summed E-state index contributed by atoms with van der Waals surface area (Å²) in [7, 11) is 0. The number of amides is 1. The number of hydrogen-bond acceptors (Lipinski definition) is 3. The van der Waals surface area contributed by atoms with Crippen LogP contribution in [0, 0.1) is 0 Å². The third kappa shape index (κ3) is 4.26. The Bertz CT molecular complexity index is 610. The van der Waals surface area contributed by atoms with Crippen LogP contribution in [-0.2, 0) is 0 Å². The van der Waals surface area contributed by atoms with E-state index in [9.17, 15) is 18.0 Å². The van der Waals surface area contributed by atoms with Gasteiger partial charge in [0.2, 0.25) is 0 Å². The van der Waals surface area contributed by atoms with Crippen molar-refractivity contribution in [3.8, 4) is 0 Å². The van der Waals surface area contributed by atoms with Crippen LogP contribution in [0.3, 0.4) is 0 Å². The number of thioether (sulfide) groups is 1. The average Bonchev–Trinajstić information content (AvgIpc) is 2.76. The lowest BCUT2D eigenvalue weighted by Gasteiger charge is -2.07. The number of halogens is 4. The van der Waals surface area contributed by atoms with Crippen LogP contribution in [-0.4, -0.2) is 11.4 Å². The van der Waals surface area contributed by atoms with Gasteiger partial charge in [0.25, 0.3) is 5.91 Å². The lowest BCUT2D eigenvalue weighted by atomic mass is 10.3. The van der Waals surface area contributed by atoms with E-state index in [1.165, 1.54) is 35.6 Å². The molecular formula is C12H7BrF3NOS2. The number of benzene rings is 1. The number of carbonyl (C=O) groups is 1. The molecule has 0 aliphatic rings. The van der Waals surface area contributed by atoms with Gasteiger partial charge < -0.3 is 5.32 Å². The Morgan fingerprint density at radius 3 is 2.35 bits per heavy atom. The minimum absolute atomic E-state index is 0.0767. The van der Waals surface area contributed by atoms with E-state index in [-0.39, 0.29) is 22.6 Å². The first kappa shape index (κ1) is 15.4. The number of carbonyl (C=O) groups excluding carboxylic acids is 1. The number of nitrogens with one attached hydrogen (secondary N) is 1. The van der Waals surface area contributed by atoms with Gasteiger partial charge in [-0.15, -0.1) is 11.3 Å². The maximum atomic E-state index is 12.2. The van der Waals surface area contributed by atoms with Crippen molar-refractivity contribution in [3.05, 3.63) is 45.1 Å². The fourth-order valence-electron chi connectivity index (χ4n) is 1.38. The fraction of sp³-hybridized carbons (Fsp3) is 0.0833. The molecule has 20 heavy (non-hydrogen) atoms. The van der Waals surface area contributed by atoms with Crippen LogP contribution in [0.1, 0.15) is 9.67 Å². The predicted molar refractivity (Wildman–Crippen MR) is 78.3 cm³/mol. The molecule has 0 bridgehead atoms. The van der Waals surface area contributed by atoms with E-state index < -0.39 is 5.51 Å². The predicted octanol–water partition coefficient (Wildman–Crippen LogP) is 5.37. The van der Waals surface area contributed by atoms with E-state index in [4.69, 9.17) is 0 Å². The van der Waals surface area contributed by atoms with E-state index >= 15 is 0 Å². The summed E-state index contributed by atoms with van der Waals surface area (Å²) in [5, 5.41) is 4.39. The summed E-state index contributed by atoms with van der Waals surface area (Å²) in [6, 6.07) is 7.26. The Kier molecular flexibility index (Phi) is 4.77. The van der Waals surface area contributed by atoms with E-state index in [1.807, 2.05) is 0 Å². The van der Waals surface area contributed by atoms with Gasteiger partial charge in [-0.05, 0) is 63.4 Å². The van der Waals surface area contributed by atoms with Crippen molar-refractivity contribution >= 4 is 50.6 Å². The molecule has 0 radical (unpaired) electrons. The first-order valence-electron chi connectivity index (χ1n) is 5.25. The molecule has 1 aromatic heterocycles. The van der Waals surface area contributed by atoms with Crippen LogP contribution in [0.2, 0.25) is 0 Å². The molecule has 8 heteroatoms. The van der Waals surface area contributed by atoms with E-state index in [0.29, 0.717) is 15.0 Å². The van der Waals surface area contributed by atoms with Gasteiger partial charge in [-0.3, -0.25) is 4.79 Å². The van der Waals surface area contributed by atoms with Gasteiger partial charge >= 0.3 is 5.51 Å². The van der Waals surface area contributed by atoms with Crippen molar-refractivity contribution < 1.29 is 18.0 Å². The zero-order valence-corrected chi connectivity index (χ0v) is 12.9. The Labute approximate surface area is 129 Å². The Morgan fingerprint density at radius 1 is 1.20 bits per heavy atom. The summed E-state index contributed by atoms with van der Waals surface area (Å²) in [6.07, 6.45) is 0. The quantitative estimate of drug-likeness (QED) is 0.723. The summed E-state index contributed by atoms with van der Waals surface area (Å²) in [4.78, 5) is 12.5. The summed E-state index contributed by atoms with van der Waals surface area (Å²) in [6.45, 7) is 0. The zero-order valence-electron chi connectivity index (χ0n) is 9.70. The number of rotatable bonds is 3. The van der Waals surface area contributed by atoms with Crippen molar-refractivity contribution in [1.82, 2.24) is 0 Å². The monoisotopic (exact) mass is 381 g/mol. The van der Waals surface area contributed by atoms with Gasteiger partial charge in [0.15, 0.2) is 0 Å². The maximum absolute atomic E-state index is 12.2. The molecule has 2 aromatic rings. The number of anilines is 1. The molecule has 0 unspecified atom stereocenters. The molecule has 106 valence electrons. The molecule has 2 rings (SSSR count). The van der Waals surface area contributed by atoms with Gasteiger partial charge in [0.05, 0.1) is 0 Å². The van der Waals surface area contributed by atoms with Crippen LogP contribution >= 0.6 is 39.0 Å². The second-order valence-corrected chi connectivity index (χ2v) is 6.53. The minimum Gasteiger partial charge on any atom is -0.321 e. The van der Waals surface area contributed by atoms with Crippen molar-refractivity contribution in [2.75, 3.05) is 5.32 Å². The lowest BCUT2D eigenvalue weighted by molar-refractivity contribution is -0.0328. The molecule has 1 N–H and O–H groups in total. The summed E-state index contributed by atoms with van der Waals surface area (Å²) in [5.74, 6) is -0.303. The fourth-order valence-corrected chi connectivity index (χ4v) is 3.37. The van der Waals surface area contributed by atoms with Crippen LogP contribution < -0.4 is 5.32 Å². The highest BCUT2D eigenvalue weighted by Crippen LogP contribution is 2.37. The number of thiophene rings is 1. The van der Waals surface area contributed by atoms with Gasteiger partial charge in [0.1, 0.15) is 4.88 Å². The Balaban J connectivity index is 2.04. The molecule has 1 aromatic carbocycles. The molecule has 0 fully saturated rings. The normalized spacial score (nSPS) is 11.4. The van der Waals surface area contributed by atoms with Crippen molar-refractivity contribution in [2.24, 2.45) is 0 Å². The van der Waals surface area contributed by atoms with Crippen LogP contribution in [0.15, 0.2) is 45.1 Å². The molecule has 0 aliphatic heterocycles. The van der Waals surface area contributed by atoms with Gasteiger partial charge in [-0.2, -0.15) is 13.2 Å². The van der Waals surface area contributed by atoms with E-state index in [2.05, 4.69) is 21.2 Å². The third-order valence-electron chi connectivity index (χ3n) is 2.17. The van der Waals surface area contributed by atoms with Gasteiger partial charge in [0, 0.05) is 15.1 Å². The number of hydrogen-bond donors (Lipinski definition) is 1. The first-order chi connectivity index (χ1) is 9.35. The minimum atomic E-state index is -4.31. The van der Waals surface area contributed by atoms with E-state index in [1.54, 1.807) is 11.4 Å². The highest BCUT2D eigenvalue weighted by atomic mass is 79.9. The zero-order chi connectivity index (χ0) is 14.8. The molecule has 0 aliphatic carbocycles. The second-order valence-electron chi connectivity index (χ2n) is 3.62. The average molecular weight is 382 g/mol. The first-order valence-corrected chi connectivity index (χ1v) is 7.74. The second kappa shape index (κ2) is 6.19. The molecule has 0 spiro atoms. The molecule has 2 nitrogen and oxygen atoms in total. The summed E-state index contributed by atoms with van der Waals surface area (Å²) < 4.78 is 37.2. The van der Waals surface area contributed by atoms with Crippen molar-refractivity contribution in [2.45, 2.75) is 10.4 Å². The SMILES string of the molecule is O=C(Nc1ccc(SC(F)(F)F)cc1)c1sccc1Br. The molecule has 1 amide bonds. The molecule has 1 heterocycles. The molecule has 0 saturated heterocycles. The Hall–Kier alpha value is -0.990. The molecule has 0 atom stereocenters. The number of alkyl halides is 3. The van der Waals surface area contributed by atoms with E-state index in [0.717, 1.165) is 0 Å². The topological polar surface area (TPSA) is 29.1 Å². The highest BCUT2D eigenvalue weighted by Gasteiger charge is 2.29. The smallest absolute Gasteiger partial charge is 0.321 e. The van der Waals surface area contributed by atoms with Crippen LogP contribution in [0.5, 0.6) is 0 Å². The molecular weight excluding hydrogens is 375 g/mol. The maximum Gasteiger partial charge on any atom is 0.446 e. The highest BCUT2D eigenvalue weighted by molar-refractivity contribution is 9.10. The summed E-state index contributed by atoms with van der Waals surface area (Å²) >= 11 is 4.33. The van der Waals surface area contributed by atoms with Crippen molar-refractivity contribution in [1.29, 1.82) is 0 Å². The van der Waals surface area contributed by atoms with Crippen LogP contribution in [0.25, 0.3) is 0 Å². The van der Waals surface area contributed by atoms with Crippen LogP contribution in [0.4, 0.5) is 18.9 Å². The van der Waals surface area contributed by atoms with Crippen molar-refractivity contribution in [3.63, 3.8) is 0 Å². The van der Waals surface area contributed by atoms with Gasteiger partial charge in [-0.1, -0.05) is 0 Å². The third-order valence-corrected chi connectivity index (χ3v) is 4.74. The summed E-state index contributed by atoms with van der Waals surface area (Å²) in [5.41, 5.74) is -3.87. The standard InChI is InChI=1S/C12H7BrF3NOS2/c13-9-5-6-19-10(9)11(18)17-7-1-3-8(4-2-7)20-12(14,15)16/h1-6H,(H,17,18). The van der Waals surface area contributed by atoms with Gasteiger partial charge in [-0.25, -0.2) is 0 Å². The Morgan fingerprint density at radius 2 is 1.85 bits per heavy atom.